The van der Waals surface area contributed by atoms with Crippen LogP contribution in [0.4, 0.5) is 5.82 Å². The predicted molar refractivity (Wildman–Crippen MR) is 61.7 cm³/mol. The second-order valence-corrected chi connectivity index (χ2v) is 3.49. The first-order valence-corrected chi connectivity index (χ1v) is 5.19. The molecule has 98 valence electrons. The van der Waals surface area contributed by atoms with Crippen molar-refractivity contribution in [1.82, 2.24) is 9.55 Å². The standard InChI is InChI=1S/C10H13N3O5/c1-2-12-4-3-11-9(10(12)18)13(5-7(14)15)6-8(16)17/h3-4H,2,5-6H2,1H3,(H,14,15)(H,16,17). The molecule has 0 spiro atoms. The van der Waals surface area contributed by atoms with Crippen LogP contribution in [0.15, 0.2) is 17.2 Å². The Morgan fingerprint density at radius 1 is 1.33 bits per heavy atom. The van der Waals surface area contributed by atoms with E-state index < -0.39 is 30.6 Å². The molecule has 0 fully saturated rings. The largest absolute Gasteiger partial charge is 0.480 e. The second-order valence-electron chi connectivity index (χ2n) is 3.49. The van der Waals surface area contributed by atoms with Gasteiger partial charge in [-0.2, -0.15) is 0 Å². The molecule has 0 aliphatic rings. The summed E-state index contributed by atoms with van der Waals surface area (Å²) in [4.78, 5) is 37.9. The highest BCUT2D eigenvalue weighted by Gasteiger charge is 2.19. The number of aromatic nitrogens is 2. The van der Waals surface area contributed by atoms with Crippen LogP contribution in [0.5, 0.6) is 0 Å². The fourth-order valence-electron chi connectivity index (χ4n) is 1.43. The summed E-state index contributed by atoms with van der Waals surface area (Å²) in [6, 6.07) is 0. The number of hydrogen-bond donors (Lipinski definition) is 2. The van der Waals surface area contributed by atoms with Gasteiger partial charge in [0.25, 0.3) is 5.56 Å². The van der Waals surface area contributed by atoms with Gasteiger partial charge in [-0.1, -0.05) is 0 Å². The molecule has 0 aromatic carbocycles. The van der Waals surface area contributed by atoms with Gasteiger partial charge in [0.15, 0.2) is 5.82 Å². The molecule has 0 bridgehead atoms. The van der Waals surface area contributed by atoms with E-state index in [0.717, 1.165) is 4.90 Å². The minimum absolute atomic E-state index is 0.177. The van der Waals surface area contributed by atoms with Gasteiger partial charge in [-0.05, 0) is 6.92 Å². The number of carboxylic acids is 2. The normalized spacial score (nSPS) is 10.1. The highest BCUT2D eigenvalue weighted by atomic mass is 16.4. The van der Waals surface area contributed by atoms with Crippen molar-refractivity contribution in [3.63, 3.8) is 0 Å². The van der Waals surface area contributed by atoms with Crippen LogP contribution in [0.25, 0.3) is 0 Å². The summed E-state index contributed by atoms with van der Waals surface area (Å²) in [5.74, 6) is -2.64. The molecule has 1 rings (SSSR count). The van der Waals surface area contributed by atoms with Crippen molar-refractivity contribution in [3.05, 3.63) is 22.7 Å². The third-order valence-corrected chi connectivity index (χ3v) is 2.19. The minimum Gasteiger partial charge on any atom is -0.480 e. The zero-order valence-corrected chi connectivity index (χ0v) is 9.74. The van der Waals surface area contributed by atoms with Crippen LogP contribution in [-0.2, 0) is 16.1 Å². The molecule has 8 heteroatoms. The molecule has 0 radical (unpaired) electrons. The summed E-state index contributed by atoms with van der Waals surface area (Å²) in [6.45, 7) is 0.941. The Bertz CT molecular complexity index is 494. The first kappa shape index (κ1) is 13.7. The van der Waals surface area contributed by atoms with E-state index in [1.165, 1.54) is 17.0 Å². The average Bonchev–Trinajstić information content (AvgIpc) is 2.27. The highest BCUT2D eigenvalue weighted by molar-refractivity contribution is 5.78. The van der Waals surface area contributed by atoms with Crippen LogP contribution in [-0.4, -0.2) is 44.8 Å². The molecule has 0 atom stereocenters. The van der Waals surface area contributed by atoms with Crippen molar-refractivity contribution >= 4 is 17.8 Å². The van der Waals surface area contributed by atoms with E-state index in [1.807, 2.05) is 0 Å². The first-order valence-electron chi connectivity index (χ1n) is 5.19. The Kier molecular flexibility index (Phi) is 4.41. The summed E-state index contributed by atoms with van der Waals surface area (Å²) in [6.07, 6.45) is 2.78. The van der Waals surface area contributed by atoms with Gasteiger partial charge in [-0.15, -0.1) is 0 Å². The average molecular weight is 255 g/mol. The third kappa shape index (κ3) is 3.30. The number of nitrogens with zero attached hydrogens (tertiary/aromatic N) is 3. The Morgan fingerprint density at radius 3 is 2.33 bits per heavy atom. The Labute approximate surface area is 102 Å². The van der Waals surface area contributed by atoms with E-state index in [1.54, 1.807) is 6.92 Å². The molecule has 0 aliphatic heterocycles. The maximum atomic E-state index is 11.9. The van der Waals surface area contributed by atoms with Gasteiger partial charge in [-0.3, -0.25) is 14.4 Å². The van der Waals surface area contributed by atoms with Crippen molar-refractivity contribution in [3.8, 4) is 0 Å². The monoisotopic (exact) mass is 255 g/mol. The smallest absolute Gasteiger partial charge is 0.323 e. The van der Waals surface area contributed by atoms with Gasteiger partial charge >= 0.3 is 11.9 Å². The van der Waals surface area contributed by atoms with Gasteiger partial charge in [0.05, 0.1) is 0 Å². The molecule has 0 unspecified atom stereocenters. The van der Waals surface area contributed by atoms with Crippen LogP contribution in [0, 0.1) is 0 Å². The summed E-state index contributed by atoms with van der Waals surface area (Å²) >= 11 is 0. The van der Waals surface area contributed by atoms with Crippen LogP contribution in [0.2, 0.25) is 0 Å². The number of carbonyl (C=O) groups is 2. The third-order valence-electron chi connectivity index (χ3n) is 2.19. The van der Waals surface area contributed by atoms with Crippen LogP contribution < -0.4 is 10.5 Å². The van der Waals surface area contributed by atoms with Crippen LogP contribution in [0.3, 0.4) is 0 Å². The lowest BCUT2D eigenvalue weighted by molar-refractivity contribution is -0.136. The number of aryl methyl sites for hydroxylation is 1. The fourth-order valence-corrected chi connectivity index (χ4v) is 1.43. The van der Waals surface area contributed by atoms with E-state index >= 15 is 0 Å². The molecular weight excluding hydrogens is 242 g/mol. The number of carboxylic acid groups (broad SMARTS) is 2. The van der Waals surface area contributed by atoms with Crippen molar-refractivity contribution in [2.45, 2.75) is 13.5 Å². The van der Waals surface area contributed by atoms with E-state index in [2.05, 4.69) is 4.98 Å². The number of hydrogen-bond acceptors (Lipinski definition) is 5. The first-order chi connectivity index (χ1) is 8.45. The summed E-state index contributed by atoms with van der Waals surface area (Å²) in [5, 5.41) is 17.4. The lowest BCUT2D eigenvalue weighted by Crippen LogP contribution is -2.39. The molecule has 0 saturated carbocycles. The van der Waals surface area contributed by atoms with Crippen LogP contribution in [0.1, 0.15) is 6.92 Å². The molecular formula is C10H13N3O5. The van der Waals surface area contributed by atoms with Gasteiger partial charge in [0.2, 0.25) is 0 Å². The van der Waals surface area contributed by atoms with Gasteiger partial charge in [0, 0.05) is 18.9 Å². The fraction of sp³-hybridized carbons (Fsp3) is 0.400. The number of aliphatic carboxylic acids is 2. The molecule has 0 saturated heterocycles. The van der Waals surface area contributed by atoms with E-state index in [-0.39, 0.29) is 5.82 Å². The van der Waals surface area contributed by atoms with E-state index in [0.29, 0.717) is 6.54 Å². The molecule has 0 amide bonds. The second kappa shape index (κ2) is 5.80. The van der Waals surface area contributed by atoms with Crippen LogP contribution >= 0.6 is 0 Å². The lowest BCUT2D eigenvalue weighted by Gasteiger charge is -2.19. The highest BCUT2D eigenvalue weighted by Crippen LogP contribution is 2.03. The number of anilines is 1. The SMILES string of the molecule is CCn1ccnc(N(CC(=O)O)CC(=O)O)c1=O. The summed E-state index contributed by atoms with van der Waals surface area (Å²) in [5.41, 5.74) is -0.512. The molecule has 8 nitrogen and oxygen atoms in total. The number of rotatable bonds is 6. The molecule has 1 aromatic rings. The lowest BCUT2D eigenvalue weighted by atomic mass is 10.4. The molecule has 1 aromatic heterocycles. The predicted octanol–water partition coefficient (Wildman–Crippen LogP) is -0.761. The Morgan fingerprint density at radius 2 is 1.89 bits per heavy atom. The zero-order valence-electron chi connectivity index (χ0n) is 9.74. The Hall–Kier alpha value is -2.38. The van der Waals surface area contributed by atoms with Crippen molar-refractivity contribution < 1.29 is 19.8 Å². The molecule has 18 heavy (non-hydrogen) atoms. The Balaban J connectivity index is 3.15. The quantitative estimate of drug-likeness (QED) is 0.686. The summed E-state index contributed by atoms with van der Waals surface area (Å²) in [7, 11) is 0. The molecule has 0 aliphatic carbocycles. The van der Waals surface area contributed by atoms with Crippen molar-refractivity contribution in [2.24, 2.45) is 0 Å². The molecule has 2 N–H and O–H groups in total. The maximum absolute atomic E-state index is 11.9. The van der Waals surface area contributed by atoms with Crippen molar-refractivity contribution in [1.29, 1.82) is 0 Å². The van der Waals surface area contributed by atoms with Crippen molar-refractivity contribution in [2.75, 3.05) is 18.0 Å². The van der Waals surface area contributed by atoms with Gasteiger partial charge in [-0.25, -0.2) is 4.98 Å². The van der Waals surface area contributed by atoms with Gasteiger partial charge in [0.1, 0.15) is 13.1 Å². The summed E-state index contributed by atoms with van der Waals surface area (Å²) < 4.78 is 1.32. The van der Waals surface area contributed by atoms with Gasteiger partial charge < -0.3 is 19.7 Å². The maximum Gasteiger partial charge on any atom is 0.323 e. The topological polar surface area (TPSA) is 113 Å². The minimum atomic E-state index is -1.23. The van der Waals surface area contributed by atoms with E-state index in [9.17, 15) is 14.4 Å². The zero-order chi connectivity index (χ0) is 13.7. The molecule has 1 heterocycles. The van der Waals surface area contributed by atoms with E-state index in [4.69, 9.17) is 10.2 Å².